The molecule has 104 valence electrons. The minimum Gasteiger partial charge on any atom is -0.357 e. The van der Waals surface area contributed by atoms with Gasteiger partial charge in [0.05, 0.1) is 22.7 Å². The molecule has 2 N–H and O–H groups in total. The van der Waals surface area contributed by atoms with Gasteiger partial charge in [0.2, 0.25) is 5.95 Å². The number of hydrogen-bond donors (Lipinski definition) is 2. The van der Waals surface area contributed by atoms with Crippen LogP contribution >= 0.6 is 27.3 Å². The maximum atomic E-state index is 8.91. The van der Waals surface area contributed by atoms with Crippen molar-refractivity contribution in [1.82, 2.24) is 9.97 Å². The molecule has 0 aliphatic rings. The maximum Gasteiger partial charge on any atom is 0.225 e. The largest absolute Gasteiger partial charge is 0.357 e. The lowest BCUT2D eigenvalue weighted by atomic mass is 10.2. The molecule has 0 amide bonds. The summed E-state index contributed by atoms with van der Waals surface area (Å²) in [7, 11) is 1.79. The second-order valence-electron chi connectivity index (χ2n) is 4.22. The molecule has 2 aromatic heterocycles. The van der Waals surface area contributed by atoms with Crippen molar-refractivity contribution in [3.8, 4) is 6.07 Å². The van der Waals surface area contributed by atoms with E-state index in [2.05, 4.69) is 42.6 Å². The third kappa shape index (κ3) is 2.68. The normalized spacial score (nSPS) is 10.3. The number of anilines is 3. The van der Waals surface area contributed by atoms with E-state index >= 15 is 0 Å². The lowest BCUT2D eigenvalue weighted by Gasteiger charge is -2.10. The van der Waals surface area contributed by atoms with Crippen LogP contribution in [0.5, 0.6) is 0 Å². The van der Waals surface area contributed by atoms with Gasteiger partial charge in [-0.3, -0.25) is 0 Å². The summed E-state index contributed by atoms with van der Waals surface area (Å²) in [5.41, 5.74) is 1.45. The molecule has 0 bridgehead atoms. The Bertz CT molecular complexity index is 852. The molecule has 2 heterocycles. The number of nitrogens with zero attached hydrogens (tertiary/aromatic N) is 3. The summed E-state index contributed by atoms with van der Waals surface area (Å²) in [5.74, 6) is 1.30. The molecule has 3 rings (SSSR count). The van der Waals surface area contributed by atoms with Crippen LogP contribution in [0.2, 0.25) is 0 Å². The quantitative estimate of drug-likeness (QED) is 0.735. The van der Waals surface area contributed by atoms with Gasteiger partial charge in [-0.1, -0.05) is 0 Å². The molecule has 7 heteroatoms. The van der Waals surface area contributed by atoms with E-state index in [9.17, 15) is 0 Å². The fourth-order valence-corrected chi connectivity index (χ4v) is 3.12. The maximum absolute atomic E-state index is 8.91. The van der Waals surface area contributed by atoms with Crippen molar-refractivity contribution < 1.29 is 0 Å². The van der Waals surface area contributed by atoms with E-state index in [1.807, 2.05) is 17.5 Å². The highest BCUT2D eigenvalue weighted by atomic mass is 79.9. The number of halogens is 1. The van der Waals surface area contributed by atoms with E-state index in [1.54, 1.807) is 30.5 Å². The Hall–Kier alpha value is -2.17. The van der Waals surface area contributed by atoms with Crippen LogP contribution in [0.15, 0.2) is 34.1 Å². The number of benzene rings is 1. The monoisotopic (exact) mass is 359 g/mol. The summed E-state index contributed by atoms with van der Waals surface area (Å²) in [5, 5.41) is 18.1. The summed E-state index contributed by atoms with van der Waals surface area (Å²) in [6, 6.07) is 9.48. The van der Waals surface area contributed by atoms with Gasteiger partial charge >= 0.3 is 0 Å². The Morgan fingerprint density at radius 2 is 2.14 bits per heavy atom. The highest BCUT2D eigenvalue weighted by molar-refractivity contribution is 9.10. The lowest BCUT2D eigenvalue weighted by Crippen LogP contribution is -2.01. The first-order valence-electron chi connectivity index (χ1n) is 6.11. The van der Waals surface area contributed by atoms with Crippen LogP contribution in [-0.2, 0) is 0 Å². The molecular formula is C14H10BrN5S. The topological polar surface area (TPSA) is 73.6 Å². The molecule has 0 aliphatic carbocycles. The van der Waals surface area contributed by atoms with Crippen LogP contribution in [-0.4, -0.2) is 17.0 Å². The molecule has 0 spiro atoms. The first-order valence-corrected chi connectivity index (χ1v) is 7.78. The van der Waals surface area contributed by atoms with Crippen molar-refractivity contribution in [2.45, 2.75) is 0 Å². The van der Waals surface area contributed by atoms with Gasteiger partial charge in [-0.2, -0.15) is 10.2 Å². The standard InChI is InChI=1S/C14H10BrN5S/c1-17-14-19-12(9-4-5-21-13(9)20-14)18-11-3-2-8(7-16)6-10(11)15/h2-6H,1H3,(H2,17,18,19,20). The van der Waals surface area contributed by atoms with E-state index in [4.69, 9.17) is 5.26 Å². The van der Waals surface area contributed by atoms with Crippen LogP contribution in [0.25, 0.3) is 10.2 Å². The first-order chi connectivity index (χ1) is 10.2. The average molecular weight is 360 g/mol. The van der Waals surface area contributed by atoms with Gasteiger partial charge < -0.3 is 10.6 Å². The number of aromatic nitrogens is 2. The minimum absolute atomic E-state index is 0.567. The number of nitriles is 1. The highest BCUT2D eigenvalue weighted by Crippen LogP contribution is 2.31. The van der Waals surface area contributed by atoms with E-state index < -0.39 is 0 Å². The smallest absolute Gasteiger partial charge is 0.225 e. The van der Waals surface area contributed by atoms with Gasteiger partial charge in [0.1, 0.15) is 10.6 Å². The molecule has 5 nitrogen and oxygen atoms in total. The second kappa shape index (κ2) is 5.68. The van der Waals surface area contributed by atoms with Crippen LogP contribution in [0.4, 0.5) is 17.5 Å². The van der Waals surface area contributed by atoms with E-state index in [-0.39, 0.29) is 0 Å². The van der Waals surface area contributed by atoms with E-state index in [0.717, 1.165) is 26.2 Å². The first kappa shape index (κ1) is 13.8. The lowest BCUT2D eigenvalue weighted by molar-refractivity contribution is 1.20. The van der Waals surface area contributed by atoms with Gasteiger partial charge in [0.25, 0.3) is 0 Å². The number of rotatable bonds is 3. The van der Waals surface area contributed by atoms with Gasteiger partial charge in [-0.15, -0.1) is 11.3 Å². The third-order valence-electron chi connectivity index (χ3n) is 2.90. The molecule has 0 atom stereocenters. The van der Waals surface area contributed by atoms with Gasteiger partial charge in [0, 0.05) is 11.5 Å². The molecule has 0 saturated heterocycles. The molecular weight excluding hydrogens is 350 g/mol. The van der Waals surface area contributed by atoms with Gasteiger partial charge in [-0.25, -0.2) is 4.98 Å². The van der Waals surface area contributed by atoms with Crippen molar-refractivity contribution in [2.24, 2.45) is 0 Å². The highest BCUT2D eigenvalue weighted by Gasteiger charge is 2.10. The fraction of sp³-hybridized carbons (Fsp3) is 0.0714. The Labute approximate surface area is 133 Å². The molecule has 0 aliphatic heterocycles. The Balaban J connectivity index is 2.05. The molecule has 21 heavy (non-hydrogen) atoms. The van der Waals surface area contributed by atoms with Crippen LogP contribution in [0, 0.1) is 11.3 Å². The molecule has 0 radical (unpaired) electrons. The van der Waals surface area contributed by atoms with Crippen molar-refractivity contribution >= 4 is 54.9 Å². The number of hydrogen-bond acceptors (Lipinski definition) is 6. The van der Waals surface area contributed by atoms with Crippen LogP contribution < -0.4 is 10.6 Å². The van der Waals surface area contributed by atoms with Crippen molar-refractivity contribution in [1.29, 1.82) is 5.26 Å². The third-order valence-corrected chi connectivity index (χ3v) is 4.36. The summed E-state index contributed by atoms with van der Waals surface area (Å²) in [6.45, 7) is 0. The van der Waals surface area contributed by atoms with Gasteiger partial charge in [-0.05, 0) is 45.6 Å². The molecule has 0 fully saturated rings. The zero-order valence-electron chi connectivity index (χ0n) is 11.0. The number of fused-ring (bicyclic) bond motifs is 1. The fourth-order valence-electron chi connectivity index (χ4n) is 1.88. The van der Waals surface area contributed by atoms with E-state index in [0.29, 0.717) is 11.5 Å². The zero-order chi connectivity index (χ0) is 14.8. The summed E-state index contributed by atoms with van der Waals surface area (Å²) in [6.07, 6.45) is 0. The van der Waals surface area contributed by atoms with Gasteiger partial charge in [0.15, 0.2) is 0 Å². The Morgan fingerprint density at radius 3 is 2.86 bits per heavy atom. The Kier molecular flexibility index (Phi) is 3.73. The minimum atomic E-state index is 0.567. The van der Waals surface area contributed by atoms with Crippen molar-refractivity contribution in [3.05, 3.63) is 39.7 Å². The van der Waals surface area contributed by atoms with Crippen LogP contribution in [0.3, 0.4) is 0 Å². The average Bonchev–Trinajstić information content (AvgIpc) is 2.97. The second-order valence-corrected chi connectivity index (χ2v) is 5.97. The zero-order valence-corrected chi connectivity index (χ0v) is 13.4. The predicted octanol–water partition coefficient (Wildman–Crippen LogP) is 4.11. The molecule has 0 saturated carbocycles. The van der Waals surface area contributed by atoms with Crippen molar-refractivity contribution in [2.75, 3.05) is 17.7 Å². The molecule has 3 aromatic rings. The predicted molar refractivity (Wildman–Crippen MR) is 89.1 cm³/mol. The van der Waals surface area contributed by atoms with E-state index in [1.165, 1.54) is 0 Å². The Morgan fingerprint density at radius 1 is 1.29 bits per heavy atom. The van der Waals surface area contributed by atoms with Crippen molar-refractivity contribution in [3.63, 3.8) is 0 Å². The molecule has 1 aromatic carbocycles. The number of thiophene rings is 1. The summed E-state index contributed by atoms with van der Waals surface area (Å²) in [4.78, 5) is 9.78. The van der Waals surface area contributed by atoms with Crippen LogP contribution in [0.1, 0.15) is 5.56 Å². The summed E-state index contributed by atoms with van der Waals surface area (Å²) < 4.78 is 0.814. The summed E-state index contributed by atoms with van der Waals surface area (Å²) >= 11 is 5.03. The SMILES string of the molecule is CNc1nc(Nc2ccc(C#N)cc2Br)c2ccsc2n1. The number of nitrogens with one attached hydrogen (secondary N) is 2. The molecule has 0 unspecified atom stereocenters.